The molecule has 1 aromatic carbocycles. The number of carbonyl (C=O) groups excluding carboxylic acids is 1. The van der Waals surface area contributed by atoms with Gasteiger partial charge in [-0.15, -0.1) is 5.10 Å². The monoisotopic (exact) mass is 373 g/mol. The van der Waals surface area contributed by atoms with Crippen molar-refractivity contribution in [3.8, 4) is 17.2 Å². The number of aliphatic carboxylic acids is 1. The summed E-state index contributed by atoms with van der Waals surface area (Å²) in [7, 11) is 0. The van der Waals surface area contributed by atoms with Crippen molar-refractivity contribution in [3.63, 3.8) is 0 Å². The Balaban J connectivity index is 1.93. The summed E-state index contributed by atoms with van der Waals surface area (Å²) in [5.41, 5.74) is 4.33. The van der Waals surface area contributed by atoms with Crippen molar-refractivity contribution < 1.29 is 14.7 Å². The second kappa shape index (κ2) is 6.32. The maximum Gasteiger partial charge on any atom is 0.323 e. The van der Waals surface area contributed by atoms with Crippen molar-refractivity contribution in [1.29, 1.82) is 5.26 Å². The fourth-order valence-electron chi connectivity index (χ4n) is 3.47. The number of carboxylic acid groups (broad SMARTS) is 1. The third kappa shape index (κ3) is 2.79. The molecule has 0 radical (unpaired) electrons. The van der Waals surface area contributed by atoms with E-state index in [4.69, 9.17) is 5.26 Å². The molecule has 0 aliphatic heterocycles. The smallest absolute Gasteiger partial charge is 0.323 e. The molecule has 8 nitrogen and oxygen atoms in total. The highest BCUT2D eigenvalue weighted by molar-refractivity contribution is 6.08. The maximum atomic E-state index is 12.1. The molecule has 4 rings (SSSR count). The van der Waals surface area contributed by atoms with Crippen LogP contribution in [0.1, 0.15) is 28.7 Å². The van der Waals surface area contributed by atoms with Crippen LogP contribution in [0.15, 0.2) is 36.7 Å². The van der Waals surface area contributed by atoms with Gasteiger partial charge in [-0.25, -0.2) is 4.52 Å². The summed E-state index contributed by atoms with van der Waals surface area (Å²) < 4.78 is 3.13. The van der Waals surface area contributed by atoms with Crippen LogP contribution >= 0.6 is 0 Å². The third-order valence-electron chi connectivity index (χ3n) is 4.61. The van der Waals surface area contributed by atoms with Crippen molar-refractivity contribution in [1.82, 2.24) is 19.2 Å². The molecule has 0 saturated heterocycles. The van der Waals surface area contributed by atoms with E-state index in [0.29, 0.717) is 16.6 Å². The molecule has 0 fully saturated rings. The van der Waals surface area contributed by atoms with Gasteiger partial charge in [0.05, 0.1) is 5.52 Å². The van der Waals surface area contributed by atoms with E-state index < -0.39 is 5.97 Å². The van der Waals surface area contributed by atoms with E-state index in [9.17, 15) is 14.7 Å². The van der Waals surface area contributed by atoms with Gasteiger partial charge in [-0.05, 0) is 49.2 Å². The molecule has 4 aromatic rings. The molecule has 0 aliphatic rings. The summed E-state index contributed by atoms with van der Waals surface area (Å²) in [6, 6.07) is 9.37. The summed E-state index contributed by atoms with van der Waals surface area (Å²) in [4.78, 5) is 27.4. The Morgan fingerprint density at radius 3 is 2.68 bits per heavy atom. The van der Waals surface area contributed by atoms with Crippen molar-refractivity contribution in [2.24, 2.45) is 0 Å². The van der Waals surface area contributed by atoms with Gasteiger partial charge in [-0.1, -0.05) is 0 Å². The predicted octanol–water partition coefficient (Wildman–Crippen LogP) is 2.82. The molecule has 3 heterocycles. The predicted molar refractivity (Wildman–Crippen MR) is 101 cm³/mol. The fraction of sp³-hybridized carbons (Fsp3) is 0.150. The van der Waals surface area contributed by atoms with E-state index in [-0.39, 0.29) is 18.2 Å². The van der Waals surface area contributed by atoms with Crippen molar-refractivity contribution in [2.75, 3.05) is 0 Å². The Labute approximate surface area is 159 Å². The Kier molecular flexibility index (Phi) is 3.93. The van der Waals surface area contributed by atoms with Crippen molar-refractivity contribution >= 4 is 28.3 Å². The minimum Gasteiger partial charge on any atom is -0.480 e. The van der Waals surface area contributed by atoms with Gasteiger partial charge in [0.25, 0.3) is 5.82 Å². The number of fused-ring (bicyclic) bond motifs is 2. The quantitative estimate of drug-likeness (QED) is 0.550. The molecular weight excluding hydrogens is 358 g/mol. The molecule has 8 heteroatoms. The Bertz CT molecular complexity index is 1320. The molecule has 0 aliphatic carbocycles. The average molecular weight is 373 g/mol. The lowest BCUT2D eigenvalue weighted by atomic mass is 9.99. The molecule has 1 N–H and O–H groups in total. The van der Waals surface area contributed by atoms with Crippen LogP contribution in [-0.2, 0) is 11.3 Å². The van der Waals surface area contributed by atoms with E-state index >= 15 is 0 Å². The first-order valence-corrected chi connectivity index (χ1v) is 8.50. The summed E-state index contributed by atoms with van der Waals surface area (Å²) >= 11 is 0. The van der Waals surface area contributed by atoms with Gasteiger partial charge in [0, 0.05) is 28.9 Å². The normalized spacial score (nSPS) is 11.0. The number of pyridine rings is 1. The van der Waals surface area contributed by atoms with E-state index in [2.05, 4.69) is 10.1 Å². The number of hydrogen-bond donors (Lipinski definition) is 1. The van der Waals surface area contributed by atoms with Crippen molar-refractivity contribution in [3.05, 3.63) is 53.6 Å². The van der Waals surface area contributed by atoms with Gasteiger partial charge in [-0.3, -0.25) is 9.59 Å². The lowest BCUT2D eigenvalue weighted by Gasteiger charge is -2.09. The Morgan fingerprint density at radius 1 is 1.21 bits per heavy atom. The molecule has 0 unspecified atom stereocenters. The SMILES string of the molecule is CC(=O)c1cn(CC(=O)O)c2c(C)cc(-c3ccc4nc(C#N)nn4c3)cc12. The molecule has 3 aromatic heterocycles. The Morgan fingerprint density at radius 2 is 2.00 bits per heavy atom. The van der Waals surface area contributed by atoms with Gasteiger partial charge < -0.3 is 9.67 Å². The van der Waals surface area contributed by atoms with Gasteiger partial charge in [-0.2, -0.15) is 10.2 Å². The van der Waals surface area contributed by atoms with Crippen LogP contribution in [0.3, 0.4) is 0 Å². The van der Waals surface area contributed by atoms with Crippen molar-refractivity contribution in [2.45, 2.75) is 20.4 Å². The molecule has 0 atom stereocenters. The number of benzene rings is 1. The fourth-order valence-corrected chi connectivity index (χ4v) is 3.47. The number of aromatic nitrogens is 4. The Hall–Kier alpha value is -3.99. The number of rotatable bonds is 4. The van der Waals surface area contributed by atoms with Crippen LogP contribution < -0.4 is 0 Å². The number of carboxylic acids is 1. The minimum absolute atomic E-state index is 0.0911. The summed E-state index contributed by atoms with van der Waals surface area (Å²) in [6.07, 6.45) is 3.36. The van der Waals surface area contributed by atoms with E-state index in [1.165, 1.54) is 11.4 Å². The highest BCUT2D eigenvalue weighted by Crippen LogP contribution is 2.31. The number of aryl methyl sites for hydroxylation is 1. The van der Waals surface area contributed by atoms with Crippen LogP contribution in [0.25, 0.3) is 27.7 Å². The summed E-state index contributed by atoms with van der Waals surface area (Å²) in [6.45, 7) is 3.13. The molecular formula is C20H15N5O3. The molecule has 0 amide bonds. The topological polar surface area (TPSA) is 113 Å². The number of ketones is 1. The lowest BCUT2D eigenvalue weighted by molar-refractivity contribution is -0.137. The summed E-state index contributed by atoms with van der Waals surface area (Å²) in [5.74, 6) is -1.01. The highest BCUT2D eigenvalue weighted by Gasteiger charge is 2.17. The minimum atomic E-state index is -0.972. The zero-order valence-electron chi connectivity index (χ0n) is 15.2. The van der Waals surface area contributed by atoms with Gasteiger partial charge in [0.1, 0.15) is 12.6 Å². The lowest BCUT2D eigenvalue weighted by Crippen LogP contribution is -2.08. The number of hydrogen-bond acceptors (Lipinski definition) is 5. The second-order valence-electron chi connectivity index (χ2n) is 6.58. The first-order valence-electron chi connectivity index (χ1n) is 8.50. The van der Waals surface area contributed by atoms with Gasteiger partial charge >= 0.3 is 5.97 Å². The molecule has 138 valence electrons. The molecule has 0 bridgehead atoms. The van der Waals surface area contributed by atoms with Gasteiger partial charge in [0.15, 0.2) is 11.4 Å². The molecule has 28 heavy (non-hydrogen) atoms. The zero-order valence-corrected chi connectivity index (χ0v) is 15.2. The average Bonchev–Trinajstić information content (AvgIpc) is 3.22. The van der Waals surface area contributed by atoms with Crippen LogP contribution in [0.5, 0.6) is 0 Å². The van der Waals surface area contributed by atoms with E-state index in [1.54, 1.807) is 23.0 Å². The summed E-state index contributed by atoms with van der Waals surface area (Å²) in [5, 5.41) is 23.0. The number of carbonyl (C=O) groups is 2. The molecule has 0 spiro atoms. The number of nitrogens with zero attached hydrogens (tertiary/aromatic N) is 5. The van der Waals surface area contributed by atoms with Crippen LogP contribution in [0.2, 0.25) is 0 Å². The highest BCUT2D eigenvalue weighted by atomic mass is 16.4. The van der Waals surface area contributed by atoms with Crippen LogP contribution in [0, 0.1) is 18.3 Å². The molecule has 0 saturated carbocycles. The van der Waals surface area contributed by atoms with Crippen LogP contribution in [0.4, 0.5) is 0 Å². The zero-order chi connectivity index (χ0) is 20.0. The van der Waals surface area contributed by atoms with E-state index in [0.717, 1.165) is 22.2 Å². The number of nitriles is 1. The number of Topliss-reactive ketones (excluding diaryl/α,β-unsaturated/α-hetero) is 1. The van der Waals surface area contributed by atoms with Gasteiger partial charge in [0.2, 0.25) is 0 Å². The third-order valence-corrected chi connectivity index (χ3v) is 4.61. The first kappa shape index (κ1) is 17.4. The standard InChI is InChI=1S/C20H15N5O3/c1-11-5-14(13-3-4-18-22-17(7-21)23-25(18)8-13)6-15-16(12(2)26)9-24(20(11)15)10-19(27)28/h3-6,8-9H,10H2,1-2H3,(H,27,28). The largest absolute Gasteiger partial charge is 0.480 e. The second-order valence-corrected chi connectivity index (χ2v) is 6.58. The van der Waals surface area contributed by atoms with E-state index in [1.807, 2.05) is 31.2 Å². The first-order chi connectivity index (χ1) is 13.4. The maximum absolute atomic E-state index is 12.1. The van der Waals surface area contributed by atoms with Crippen LogP contribution in [-0.4, -0.2) is 36.0 Å².